The number of ketones is 1. The van der Waals surface area contributed by atoms with Gasteiger partial charge in [-0.05, 0) is 45.6 Å². The summed E-state index contributed by atoms with van der Waals surface area (Å²) in [6.07, 6.45) is 4.90. The molecule has 2 atom stereocenters. The minimum absolute atomic E-state index is 0.0982. The lowest BCUT2D eigenvalue weighted by molar-refractivity contribution is -0.129. The summed E-state index contributed by atoms with van der Waals surface area (Å²) >= 11 is 0. The molecule has 1 aliphatic rings. The maximum atomic E-state index is 12.2. The Hall–Kier alpha value is -0.900. The van der Waals surface area contributed by atoms with Gasteiger partial charge in [-0.1, -0.05) is 20.3 Å². The van der Waals surface area contributed by atoms with Crippen molar-refractivity contribution in [3.8, 4) is 0 Å². The number of piperidine rings is 1. The van der Waals surface area contributed by atoms with E-state index in [-0.39, 0.29) is 23.8 Å². The second-order valence-electron chi connectivity index (χ2n) is 6.44. The smallest absolute Gasteiger partial charge is 0.237 e. The molecule has 0 aromatic rings. The van der Waals surface area contributed by atoms with E-state index in [4.69, 9.17) is 0 Å². The molecule has 1 aliphatic heterocycles. The van der Waals surface area contributed by atoms with Gasteiger partial charge >= 0.3 is 0 Å². The first-order valence-electron chi connectivity index (χ1n) is 7.94. The first kappa shape index (κ1) is 17.2. The molecule has 0 saturated carbocycles. The number of likely N-dealkylation sites (tertiary alicyclic amines) is 1. The first-order chi connectivity index (χ1) is 9.41. The van der Waals surface area contributed by atoms with Gasteiger partial charge in [0.15, 0.2) is 0 Å². The van der Waals surface area contributed by atoms with Crippen molar-refractivity contribution < 1.29 is 9.59 Å². The van der Waals surface area contributed by atoms with Crippen LogP contribution in [0.3, 0.4) is 0 Å². The van der Waals surface area contributed by atoms with Crippen LogP contribution in [0.4, 0.5) is 0 Å². The van der Waals surface area contributed by atoms with Crippen LogP contribution in [0.15, 0.2) is 0 Å². The van der Waals surface area contributed by atoms with Crippen molar-refractivity contribution in [3.05, 3.63) is 0 Å². The molecule has 116 valence electrons. The van der Waals surface area contributed by atoms with E-state index in [2.05, 4.69) is 24.1 Å². The Labute approximate surface area is 123 Å². The Kier molecular flexibility index (Phi) is 7.20. The summed E-state index contributed by atoms with van der Waals surface area (Å²) in [5.41, 5.74) is 0. The predicted molar refractivity (Wildman–Crippen MR) is 81.6 cm³/mol. The molecular formula is C16H30N2O2. The monoisotopic (exact) mass is 282 g/mol. The molecule has 0 aromatic heterocycles. The molecule has 0 radical (unpaired) electrons. The van der Waals surface area contributed by atoms with Crippen molar-refractivity contribution in [2.45, 2.75) is 71.9 Å². The predicted octanol–water partition coefficient (Wildman–Crippen LogP) is 2.37. The molecule has 1 N–H and O–H groups in total. The third-order valence-electron chi connectivity index (χ3n) is 4.09. The number of Topliss-reactive ketones (excluding diaryl/α,β-unsaturated/α-hetero) is 1. The van der Waals surface area contributed by atoms with E-state index >= 15 is 0 Å². The minimum atomic E-state index is -0.133. The molecule has 1 amide bonds. The summed E-state index contributed by atoms with van der Waals surface area (Å²) in [6, 6.07) is 0.110. The topological polar surface area (TPSA) is 49.4 Å². The van der Waals surface area contributed by atoms with E-state index in [1.807, 2.05) is 6.92 Å². The first-order valence-corrected chi connectivity index (χ1v) is 7.94. The standard InChI is InChI=1S/C16H30N2O2/c1-12(2)8-9-17-16(20)14(4)18-10-6-5-7-15(18)11-13(3)19/h12,14-15H,5-11H2,1-4H3,(H,17,20). The Bertz CT molecular complexity index is 328. The van der Waals surface area contributed by atoms with Gasteiger partial charge in [-0.25, -0.2) is 0 Å². The van der Waals surface area contributed by atoms with Gasteiger partial charge in [-0.2, -0.15) is 0 Å². The Morgan fingerprint density at radius 3 is 2.55 bits per heavy atom. The largest absolute Gasteiger partial charge is 0.355 e. The fraction of sp³-hybridized carbons (Fsp3) is 0.875. The summed E-state index contributed by atoms with van der Waals surface area (Å²) in [7, 11) is 0. The number of nitrogens with zero attached hydrogens (tertiary/aromatic N) is 1. The van der Waals surface area contributed by atoms with Crippen LogP contribution in [0.25, 0.3) is 0 Å². The zero-order valence-electron chi connectivity index (χ0n) is 13.4. The molecule has 0 aliphatic carbocycles. The highest BCUT2D eigenvalue weighted by molar-refractivity contribution is 5.81. The Balaban J connectivity index is 2.51. The van der Waals surface area contributed by atoms with Gasteiger partial charge < -0.3 is 5.32 Å². The third-order valence-corrected chi connectivity index (χ3v) is 4.09. The molecule has 20 heavy (non-hydrogen) atoms. The molecule has 0 bridgehead atoms. The van der Waals surface area contributed by atoms with E-state index < -0.39 is 0 Å². The molecule has 1 fully saturated rings. The van der Waals surface area contributed by atoms with Gasteiger partial charge in [0.2, 0.25) is 5.91 Å². The molecule has 0 aromatic carbocycles. The number of hydrogen-bond acceptors (Lipinski definition) is 3. The SMILES string of the molecule is CC(=O)CC1CCCCN1C(C)C(=O)NCCC(C)C. The number of amides is 1. The number of hydrogen-bond donors (Lipinski definition) is 1. The zero-order chi connectivity index (χ0) is 15.1. The highest BCUT2D eigenvalue weighted by Crippen LogP contribution is 2.22. The van der Waals surface area contributed by atoms with Crippen LogP contribution in [-0.4, -0.2) is 41.8 Å². The quantitative estimate of drug-likeness (QED) is 0.780. The second kappa shape index (κ2) is 8.40. The zero-order valence-corrected chi connectivity index (χ0v) is 13.4. The Morgan fingerprint density at radius 1 is 1.25 bits per heavy atom. The lowest BCUT2D eigenvalue weighted by Crippen LogP contribution is -2.52. The van der Waals surface area contributed by atoms with Crippen molar-refractivity contribution in [1.82, 2.24) is 10.2 Å². The van der Waals surface area contributed by atoms with Gasteiger partial charge in [0.25, 0.3) is 0 Å². The molecular weight excluding hydrogens is 252 g/mol. The summed E-state index contributed by atoms with van der Waals surface area (Å²) in [5, 5.41) is 3.02. The maximum Gasteiger partial charge on any atom is 0.237 e. The highest BCUT2D eigenvalue weighted by atomic mass is 16.2. The third kappa shape index (κ3) is 5.61. The van der Waals surface area contributed by atoms with Crippen molar-refractivity contribution >= 4 is 11.7 Å². The average molecular weight is 282 g/mol. The minimum Gasteiger partial charge on any atom is -0.355 e. The molecule has 4 nitrogen and oxygen atoms in total. The number of carbonyl (C=O) groups is 2. The number of rotatable bonds is 7. The van der Waals surface area contributed by atoms with Crippen molar-refractivity contribution in [2.24, 2.45) is 5.92 Å². The summed E-state index contributed by atoms with van der Waals surface area (Å²) in [5.74, 6) is 0.918. The molecule has 4 heteroatoms. The van der Waals surface area contributed by atoms with Gasteiger partial charge in [0, 0.05) is 19.0 Å². The highest BCUT2D eigenvalue weighted by Gasteiger charge is 2.30. The molecule has 1 heterocycles. The van der Waals surface area contributed by atoms with Gasteiger partial charge in [0.1, 0.15) is 5.78 Å². The molecule has 0 spiro atoms. The number of carbonyl (C=O) groups excluding carboxylic acids is 2. The van der Waals surface area contributed by atoms with Crippen molar-refractivity contribution in [3.63, 3.8) is 0 Å². The molecule has 1 rings (SSSR count). The normalized spacial score (nSPS) is 21.8. The van der Waals surface area contributed by atoms with Crippen molar-refractivity contribution in [2.75, 3.05) is 13.1 Å². The number of nitrogens with one attached hydrogen (secondary N) is 1. The van der Waals surface area contributed by atoms with E-state index in [9.17, 15) is 9.59 Å². The van der Waals surface area contributed by atoms with Crippen LogP contribution in [0.2, 0.25) is 0 Å². The van der Waals surface area contributed by atoms with Gasteiger partial charge in [0.05, 0.1) is 6.04 Å². The van der Waals surface area contributed by atoms with Crippen LogP contribution in [0.5, 0.6) is 0 Å². The average Bonchev–Trinajstić information content (AvgIpc) is 2.37. The summed E-state index contributed by atoms with van der Waals surface area (Å²) < 4.78 is 0. The van der Waals surface area contributed by atoms with Crippen LogP contribution in [0, 0.1) is 5.92 Å². The summed E-state index contributed by atoms with van der Waals surface area (Å²) in [4.78, 5) is 25.8. The van der Waals surface area contributed by atoms with Crippen LogP contribution < -0.4 is 5.32 Å². The maximum absolute atomic E-state index is 12.2. The lowest BCUT2D eigenvalue weighted by atomic mass is 9.96. The molecule has 2 unspecified atom stereocenters. The fourth-order valence-corrected chi connectivity index (χ4v) is 2.87. The van der Waals surface area contributed by atoms with Crippen LogP contribution >= 0.6 is 0 Å². The van der Waals surface area contributed by atoms with Crippen LogP contribution in [-0.2, 0) is 9.59 Å². The molecule has 1 saturated heterocycles. The lowest BCUT2D eigenvalue weighted by Gasteiger charge is -2.38. The second-order valence-corrected chi connectivity index (χ2v) is 6.44. The Morgan fingerprint density at radius 2 is 1.95 bits per heavy atom. The van der Waals surface area contributed by atoms with Gasteiger partial charge in [-0.3, -0.25) is 14.5 Å². The van der Waals surface area contributed by atoms with Crippen LogP contribution in [0.1, 0.15) is 59.8 Å². The van der Waals surface area contributed by atoms with Gasteiger partial charge in [-0.15, -0.1) is 0 Å². The van der Waals surface area contributed by atoms with E-state index in [1.54, 1.807) is 6.92 Å². The summed E-state index contributed by atoms with van der Waals surface area (Å²) in [6.45, 7) is 9.58. The van der Waals surface area contributed by atoms with E-state index in [0.717, 1.165) is 38.8 Å². The van der Waals surface area contributed by atoms with Crippen molar-refractivity contribution in [1.29, 1.82) is 0 Å². The van der Waals surface area contributed by atoms with E-state index in [1.165, 1.54) is 0 Å². The van der Waals surface area contributed by atoms with E-state index in [0.29, 0.717) is 12.3 Å². The fourth-order valence-electron chi connectivity index (χ4n) is 2.87.